The van der Waals surface area contributed by atoms with Gasteiger partial charge in [-0.2, -0.15) is 0 Å². The van der Waals surface area contributed by atoms with E-state index in [1.807, 2.05) is 44.2 Å². The highest BCUT2D eigenvalue weighted by Gasteiger charge is 2.08. The van der Waals surface area contributed by atoms with E-state index in [0.29, 0.717) is 0 Å². The molecule has 0 amide bonds. The summed E-state index contributed by atoms with van der Waals surface area (Å²) in [6.45, 7) is 4.00. The second-order valence-electron chi connectivity index (χ2n) is 6.03. The summed E-state index contributed by atoms with van der Waals surface area (Å²) in [4.78, 5) is 0. The standard InChI is InChI=1S/C23H19NO.C2H6/c24-14-5-1-2-7-17-8-6-9-18(15-17)19-12-13-23-21(16-19)20-10-3-4-11-22(20)25-23;1-2/h1-6,8-16H,7,24H2;1-2H3/b2-1-,14-5-;. The van der Waals surface area contributed by atoms with Crippen molar-refractivity contribution in [1.29, 1.82) is 0 Å². The number of hydrogen-bond acceptors (Lipinski definition) is 2. The monoisotopic (exact) mass is 355 g/mol. The van der Waals surface area contributed by atoms with Crippen LogP contribution in [0, 0.1) is 0 Å². The molecule has 4 aromatic rings. The zero-order valence-electron chi connectivity index (χ0n) is 15.9. The maximum atomic E-state index is 5.92. The molecule has 1 aromatic heterocycles. The Bertz CT molecular complexity index is 1090. The zero-order valence-corrected chi connectivity index (χ0v) is 15.9. The second-order valence-corrected chi connectivity index (χ2v) is 6.03. The molecule has 0 saturated heterocycles. The normalized spacial score (nSPS) is 11.3. The van der Waals surface area contributed by atoms with Gasteiger partial charge in [-0.3, -0.25) is 0 Å². The lowest BCUT2D eigenvalue weighted by Gasteiger charge is -2.04. The molecular formula is C25H25NO. The number of rotatable bonds is 4. The van der Waals surface area contributed by atoms with Crippen molar-refractivity contribution in [2.75, 3.05) is 0 Å². The van der Waals surface area contributed by atoms with E-state index in [1.54, 1.807) is 0 Å². The minimum Gasteiger partial charge on any atom is -0.456 e. The van der Waals surface area contributed by atoms with Crippen LogP contribution < -0.4 is 5.73 Å². The third-order valence-corrected chi connectivity index (χ3v) is 4.35. The van der Waals surface area contributed by atoms with E-state index in [-0.39, 0.29) is 0 Å². The third kappa shape index (κ3) is 4.12. The molecule has 2 N–H and O–H groups in total. The molecule has 0 saturated carbocycles. The molecular weight excluding hydrogens is 330 g/mol. The molecule has 27 heavy (non-hydrogen) atoms. The Labute approximate surface area is 160 Å². The Morgan fingerprint density at radius 2 is 1.56 bits per heavy atom. The lowest BCUT2D eigenvalue weighted by molar-refractivity contribution is 0.669. The average Bonchev–Trinajstić information content (AvgIpc) is 3.11. The number of fused-ring (bicyclic) bond motifs is 3. The first-order valence-corrected chi connectivity index (χ1v) is 9.39. The summed E-state index contributed by atoms with van der Waals surface area (Å²) in [5.41, 5.74) is 10.9. The van der Waals surface area contributed by atoms with Crippen molar-refractivity contribution in [2.24, 2.45) is 5.73 Å². The molecule has 1 heterocycles. The highest BCUT2D eigenvalue weighted by molar-refractivity contribution is 6.06. The molecule has 0 aliphatic rings. The van der Waals surface area contributed by atoms with Crippen molar-refractivity contribution in [3.8, 4) is 11.1 Å². The topological polar surface area (TPSA) is 39.2 Å². The minimum atomic E-state index is 0.884. The summed E-state index contributed by atoms with van der Waals surface area (Å²) in [5, 5.41) is 2.32. The highest BCUT2D eigenvalue weighted by Crippen LogP contribution is 2.32. The Balaban J connectivity index is 0.00000102. The van der Waals surface area contributed by atoms with E-state index < -0.39 is 0 Å². The van der Waals surface area contributed by atoms with Gasteiger partial charge < -0.3 is 10.2 Å². The fourth-order valence-electron chi connectivity index (χ4n) is 3.13. The summed E-state index contributed by atoms with van der Waals surface area (Å²) in [6.07, 6.45) is 8.33. The van der Waals surface area contributed by atoms with Crippen LogP contribution in [-0.2, 0) is 6.42 Å². The summed E-state index contributed by atoms with van der Waals surface area (Å²) in [7, 11) is 0. The molecule has 0 aliphatic carbocycles. The van der Waals surface area contributed by atoms with Gasteiger partial charge in [-0.05, 0) is 53.6 Å². The van der Waals surface area contributed by atoms with E-state index in [2.05, 4.69) is 54.6 Å². The quantitative estimate of drug-likeness (QED) is 0.407. The number of hydrogen-bond donors (Lipinski definition) is 1. The van der Waals surface area contributed by atoms with Gasteiger partial charge in [0.15, 0.2) is 0 Å². The van der Waals surface area contributed by atoms with Crippen molar-refractivity contribution in [1.82, 2.24) is 0 Å². The SMILES string of the molecule is CC.N/C=C\C=C/Cc1cccc(-c2ccc3oc4ccccc4c3c2)c1. The van der Waals surface area contributed by atoms with Crippen LogP contribution in [0.3, 0.4) is 0 Å². The van der Waals surface area contributed by atoms with Gasteiger partial charge in [0.2, 0.25) is 0 Å². The van der Waals surface area contributed by atoms with E-state index in [1.165, 1.54) is 22.9 Å². The Morgan fingerprint density at radius 3 is 2.41 bits per heavy atom. The van der Waals surface area contributed by atoms with Crippen molar-refractivity contribution < 1.29 is 4.42 Å². The molecule has 2 nitrogen and oxygen atoms in total. The first-order valence-electron chi connectivity index (χ1n) is 9.39. The lowest BCUT2D eigenvalue weighted by atomic mass is 10.00. The van der Waals surface area contributed by atoms with Gasteiger partial charge >= 0.3 is 0 Å². The molecule has 0 unspecified atom stereocenters. The van der Waals surface area contributed by atoms with Gasteiger partial charge in [-0.1, -0.05) is 74.5 Å². The Morgan fingerprint density at radius 1 is 0.778 bits per heavy atom. The molecule has 0 fully saturated rings. The van der Waals surface area contributed by atoms with Gasteiger partial charge in [0.05, 0.1) is 0 Å². The Hall–Kier alpha value is -3.26. The summed E-state index contributed by atoms with van der Waals surface area (Å²) in [6, 6.07) is 23.2. The van der Waals surface area contributed by atoms with Crippen LogP contribution in [0.15, 0.2) is 95.6 Å². The van der Waals surface area contributed by atoms with Gasteiger partial charge in [0.1, 0.15) is 11.2 Å². The zero-order chi connectivity index (χ0) is 19.1. The lowest BCUT2D eigenvalue weighted by Crippen LogP contribution is -1.84. The van der Waals surface area contributed by atoms with Gasteiger partial charge in [-0.25, -0.2) is 0 Å². The van der Waals surface area contributed by atoms with Crippen LogP contribution in [0.25, 0.3) is 33.1 Å². The number of nitrogens with two attached hydrogens (primary N) is 1. The van der Waals surface area contributed by atoms with Crippen LogP contribution in [0.4, 0.5) is 0 Å². The van der Waals surface area contributed by atoms with Crippen LogP contribution >= 0.6 is 0 Å². The van der Waals surface area contributed by atoms with E-state index >= 15 is 0 Å². The molecule has 0 radical (unpaired) electrons. The summed E-state index contributed by atoms with van der Waals surface area (Å²) < 4.78 is 5.92. The van der Waals surface area contributed by atoms with Crippen LogP contribution in [0.2, 0.25) is 0 Å². The van der Waals surface area contributed by atoms with Crippen LogP contribution in [0.5, 0.6) is 0 Å². The molecule has 0 spiro atoms. The second kappa shape index (κ2) is 8.91. The maximum absolute atomic E-state index is 5.92. The predicted molar refractivity (Wildman–Crippen MR) is 117 cm³/mol. The molecule has 0 atom stereocenters. The smallest absolute Gasteiger partial charge is 0.135 e. The predicted octanol–water partition coefficient (Wildman–Crippen LogP) is 6.85. The van der Waals surface area contributed by atoms with E-state index in [0.717, 1.165) is 28.4 Å². The third-order valence-electron chi connectivity index (χ3n) is 4.35. The van der Waals surface area contributed by atoms with Crippen LogP contribution in [0.1, 0.15) is 19.4 Å². The average molecular weight is 355 g/mol. The van der Waals surface area contributed by atoms with Crippen molar-refractivity contribution in [3.05, 3.63) is 96.7 Å². The minimum absolute atomic E-state index is 0.884. The van der Waals surface area contributed by atoms with Gasteiger partial charge in [-0.15, -0.1) is 0 Å². The van der Waals surface area contributed by atoms with Gasteiger partial charge in [0.25, 0.3) is 0 Å². The van der Waals surface area contributed by atoms with Crippen molar-refractivity contribution in [3.63, 3.8) is 0 Å². The van der Waals surface area contributed by atoms with Gasteiger partial charge in [0, 0.05) is 10.8 Å². The largest absolute Gasteiger partial charge is 0.456 e. The van der Waals surface area contributed by atoms with Crippen LogP contribution in [-0.4, -0.2) is 0 Å². The molecule has 0 aliphatic heterocycles. The molecule has 3 aromatic carbocycles. The molecule has 4 rings (SSSR count). The number of para-hydroxylation sites is 1. The first-order chi connectivity index (χ1) is 13.3. The highest BCUT2D eigenvalue weighted by atomic mass is 16.3. The van der Waals surface area contributed by atoms with Crippen molar-refractivity contribution in [2.45, 2.75) is 20.3 Å². The number of benzene rings is 3. The van der Waals surface area contributed by atoms with Crippen molar-refractivity contribution >= 4 is 21.9 Å². The first kappa shape index (κ1) is 18.5. The van der Waals surface area contributed by atoms with E-state index in [4.69, 9.17) is 10.2 Å². The molecule has 136 valence electrons. The Kier molecular flexibility index (Phi) is 6.11. The number of allylic oxidation sites excluding steroid dienone is 3. The molecule has 2 heteroatoms. The fourth-order valence-corrected chi connectivity index (χ4v) is 3.13. The molecule has 0 bridgehead atoms. The number of furan rings is 1. The fraction of sp³-hybridized carbons (Fsp3) is 0.120. The summed E-state index contributed by atoms with van der Waals surface area (Å²) in [5.74, 6) is 0. The van der Waals surface area contributed by atoms with E-state index in [9.17, 15) is 0 Å². The summed E-state index contributed by atoms with van der Waals surface area (Å²) >= 11 is 0. The maximum Gasteiger partial charge on any atom is 0.135 e.